The van der Waals surface area contributed by atoms with Crippen LogP contribution in [0.15, 0.2) is 36.8 Å². The molecule has 3 aromatic heterocycles. The van der Waals surface area contributed by atoms with Gasteiger partial charge in [-0.05, 0) is 76.2 Å². The molecule has 0 fully saturated rings. The number of hydrogen-bond acceptors (Lipinski definition) is 8. The van der Waals surface area contributed by atoms with Crippen LogP contribution in [0.1, 0.15) is 60.2 Å². The lowest BCUT2D eigenvalue weighted by molar-refractivity contribution is -0.137. The molecule has 3 heterocycles. The molecule has 1 aromatic carbocycles. The predicted octanol–water partition coefficient (Wildman–Crippen LogP) is 6.13. The van der Waals surface area contributed by atoms with E-state index in [-0.39, 0.29) is 18.0 Å². The molecule has 1 unspecified atom stereocenters. The van der Waals surface area contributed by atoms with Crippen molar-refractivity contribution in [2.24, 2.45) is 5.73 Å². The van der Waals surface area contributed by atoms with Crippen molar-refractivity contribution in [2.75, 3.05) is 31.2 Å². The first-order valence-electron chi connectivity index (χ1n) is 14.4. The molecule has 0 aliphatic rings. The van der Waals surface area contributed by atoms with Crippen LogP contribution in [0.2, 0.25) is 0 Å². The van der Waals surface area contributed by atoms with E-state index in [0.717, 1.165) is 26.3 Å². The van der Waals surface area contributed by atoms with E-state index in [1.807, 2.05) is 0 Å². The molecule has 0 saturated carbocycles. The summed E-state index contributed by atoms with van der Waals surface area (Å²) in [6, 6.07) is 4.14. The SMILES string of the molecule is CCCCNCCC(C)Oc1nc(-c2cc(N)c(F)c(C)c2C(F)(F)F)c(F)c(NCc2cc3ncccn3c2)c1C=O.CN. The molecule has 0 radical (unpaired) electrons. The summed E-state index contributed by atoms with van der Waals surface area (Å²) in [6.07, 6.45) is 2.28. The van der Waals surface area contributed by atoms with Gasteiger partial charge in [0.1, 0.15) is 22.7 Å². The number of nitrogens with two attached hydrogens (primary N) is 2. The lowest BCUT2D eigenvalue weighted by atomic mass is 9.95. The molecule has 244 valence electrons. The summed E-state index contributed by atoms with van der Waals surface area (Å²) >= 11 is 0. The molecular weight excluding hydrogens is 597 g/mol. The van der Waals surface area contributed by atoms with Crippen LogP contribution in [0.4, 0.5) is 33.3 Å². The Labute approximate surface area is 258 Å². The lowest BCUT2D eigenvalue weighted by Crippen LogP contribution is -2.24. The van der Waals surface area contributed by atoms with E-state index in [4.69, 9.17) is 10.5 Å². The fourth-order valence-electron chi connectivity index (χ4n) is 4.74. The van der Waals surface area contributed by atoms with Crippen molar-refractivity contribution in [3.8, 4) is 17.1 Å². The molecule has 0 amide bonds. The number of nitrogens with one attached hydrogen (secondary N) is 2. The largest absolute Gasteiger partial charge is 0.474 e. The van der Waals surface area contributed by atoms with Gasteiger partial charge in [0.05, 0.1) is 23.0 Å². The summed E-state index contributed by atoms with van der Waals surface area (Å²) < 4.78 is 81.0. The highest BCUT2D eigenvalue weighted by molar-refractivity contribution is 5.90. The number of hydrogen-bond donors (Lipinski definition) is 4. The van der Waals surface area contributed by atoms with Crippen molar-refractivity contribution in [1.29, 1.82) is 0 Å². The minimum absolute atomic E-state index is 0.0162. The first-order chi connectivity index (χ1) is 21.5. The maximum absolute atomic E-state index is 16.2. The third-order valence-electron chi connectivity index (χ3n) is 6.96. The van der Waals surface area contributed by atoms with Crippen LogP contribution in [-0.4, -0.2) is 46.9 Å². The van der Waals surface area contributed by atoms with E-state index < -0.39 is 57.7 Å². The molecule has 14 heteroatoms. The number of aldehydes is 1. The van der Waals surface area contributed by atoms with Crippen LogP contribution in [0, 0.1) is 18.6 Å². The van der Waals surface area contributed by atoms with Gasteiger partial charge in [0, 0.05) is 30.7 Å². The second-order valence-corrected chi connectivity index (χ2v) is 10.2. The number of alkyl halides is 3. The number of aromatic nitrogens is 3. The van der Waals surface area contributed by atoms with Gasteiger partial charge in [0.2, 0.25) is 5.88 Å². The number of rotatable bonds is 13. The second-order valence-electron chi connectivity index (χ2n) is 10.2. The van der Waals surface area contributed by atoms with Crippen LogP contribution < -0.4 is 26.8 Å². The van der Waals surface area contributed by atoms with Crippen LogP contribution in [0.25, 0.3) is 16.9 Å². The Morgan fingerprint density at radius 3 is 2.53 bits per heavy atom. The fraction of sp³-hybridized carbons (Fsp3) is 0.387. The summed E-state index contributed by atoms with van der Waals surface area (Å²) in [7, 11) is 1.50. The summed E-state index contributed by atoms with van der Waals surface area (Å²) in [5, 5.41) is 6.09. The fourth-order valence-corrected chi connectivity index (χ4v) is 4.74. The highest BCUT2D eigenvalue weighted by atomic mass is 19.4. The number of carbonyl (C=O) groups excluding carboxylic acids is 1. The zero-order valence-corrected chi connectivity index (χ0v) is 25.6. The van der Waals surface area contributed by atoms with E-state index in [2.05, 4.69) is 33.3 Å². The Balaban J connectivity index is 0.00000271. The molecule has 45 heavy (non-hydrogen) atoms. The third-order valence-corrected chi connectivity index (χ3v) is 6.96. The van der Waals surface area contributed by atoms with Crippen LogP contribution in [0.5, 0.6) is 5.88 Å². The van der Waals surface area contributed by atoms with E-state index in [1.54, 1.807) is 42.0 Å². The van der Waals surface area contributed by atoms with Crippen molar-refractivity contribution < 1.29 is 31.5 Å². The van der Waals surface area contributed by atoms with Gasteiger partial charge in [-0.2, -0.15) is 13.2 Å². The minimum atomic E-state index is -5.07. The number of pyridine rings is 1. The molecule has 4 aromatic rings. The van der Waals surface area contributed by atoms with Crippen molar-refractivity contribution in [3.05, 3.63) is 70.7 Å². The highest BCUT2D eigenvalue weighted by Crippen LogP contribution is 2.44. The Morgan fingerprint density at radius 1 is 1.16 bits per heavy atom. The molecule has 4 rings (SSSR count). The number of carbonyl (C=O) groups is 1. The molecule has 1 atom stereocenters. The number of benzene rings is 1. The van der Waals surface area contributed by atoms with Crippen LogP contribution >= 0.6 is 0 Å². The number of fused-ring (bicyclic) bond motifs is 1. The van der Waals surface area contributed by atoms with Gasteiger partial charge in [-0.25, -0.2) is 18.7 Å². The summed E-state index contributed by atoms with van der Waals surface area (Å²) in [5.74, 6) is -2.89. The number of ether oxygens (including phenoxy) is 1. The number of halogens is 5. The topological polar surface area (TPSA) is 133 Å². The van der Waals surface area contributed by atoms with Crippen molar-refractivity contribution in [1.82, 2.24) is 19.7 Å². The standard InChI is InChI=1S/C30H33F5N6O2.CH5N/c1-4-5-8-37-10-7-17(2)43-29-21(16-42)27(39-14-19-12-23-38-9-6-11-41(23)15-19)26(32)28(40-29)20-13-22(36)25(31)18(3)24(20)30(33,34)35;1-2/h6,9,11-13,15-17,37H,4-5,7-8,10,14,36H2,1-3H3,(H,39,40);2H2,1H3. The normalized spacial score (nSPS) is 12.0. The number of nitrogens with zero attached hydrogens (tertiary/aromatic N) is 3. The Morgan fingerprint density at radius 2 is 1.89 bits per heavy atom. The minimum Gasteiger partial charge on any atom is -0.474 e. The van der Waals surface area contributed by atoms with Gasteiger partial charge >= 0.3 is 6.18 Å². The Bertz CT molecular complexity index is 1570. The summed E-state index contributed by atoms with van der Waals surface area (Å²) in [4.78, 5) is 20.6. The average molecular weight is 636 g/mol. The molecule has 0 saturated heterocycles. The van der Waals surface area contributed by atoms with Gasteiger partial charge in [0.25, 0.3) is 0 Å². The van der Waals surface area contributed by atoms with Gasteiger partial charge in [0.15, 0.2) is 12.1 Å². The maximum Gasteiger partial charge on any atom is 0.417 e. The van der Waals surface area contributed by atoms with Crippen molar-refractivity contribution >= 4 is 23.3 Å². The zero-order valence-electron chi connectivity index (χ0n) is 25.6. The van der Waals surface area contributed by atoms with E-state index in [9.17, 15) is 22.4 Å². The summed E-state index contributed by atoms with van der Waals surface area (Å²) in [6.45, 7) is 6.02. The second kappa shape index (κ2) is 15.6. The van der Waals surface area contributed by atoms with Crippen LogP contribution in [-0.2, 0) is 12.7 Å². The van der Waals surface area contributed by atoms with Crippen molar-refractivity contribution in [2.45, 2.75) is 58.9 Å². The quantitative estimate of drug-likeness (QED) is 0.0597. The van der Waals surface area contributed by atoms with E-state index in [0.29, 0.717) is 36.5 Å². The molecule has 0 spiro atoms. The molecule has 0 aliphatic heterocycles. The van der Waals surface area contributed by atoms with Gasteiger partial charge < -0.3 is 31.2 Å². The third kappa shape index (κ3) is 8.25. The van der Waals surface area contributed by atoms with Crippen LogP contribution in [0.3, 0.4) is 0 Å². The van der Waals surface area contributed by atoms with E-state index in [1.165, 1.54) is 7.05 Å². The molecule has 0 aliphatic carbocycles. The molecule has 0 bridgehead atoms. The summed E-state index contributed by atoms with van der Waals surface area (Å²) in [5.41, 5.74) is 6.31. The molecular formula is C31H38F5N7O2. The molecule has 6 N–H and O–H groups in total. The highest BCUT2D eigenvalue weighted by Gasteiger charge is 2.39. The van der Waals surface area contributed by atoms with Gasteiger partial charge in [-0.15, -0.1) is 0 Å². The number of nitrogen functional groups attached to an aromatic ring is 1. The smallest absolute Gasteiger partial charge is 0.417 e. The monoisotopic (exact) mass is 635 g/mol. The van der Waals surface area contributed by atoms with Crippen molar-refractivity contribution in [3.63, 3.8) is 0 Å². The average Bonchev–Trinajstić information content (AvgIpc) is 3.43. The van der Waals surface area contributed by atoms with Gasteiger partial charge in [-0.1, -0.05) is 13.3 Å². The Kier molecular flexibility index (Phi) is 12.2. The Hall–Kier alpha value is -4.30. The number of unbranched alkanes of at least 4 members (excludes halogenated alkanes) is 1. The van der Waals surface area contributed by atoms with Gasteiger partial charge in [-0.3, -0.25) is 4.79 Å². The van der Waals surface area contributed by atoms with E-state index >= 15 is 4.39 Å². The predicted molar refractivity (Wildman–Crippen MR) is 164 cm³/mol. The lowest BCUT2D eigenvalue weighted by Gasteiger charge is -2.22. The zero-order chi connectivity index (χ0) is 33.3. The molecule has 9 nitrogen and oxygen atoms in total. The first-order valence-corrected chi connectivity index (χ1v) is 14.4. The number of anilines is 2. The first kappa shape index (κ1) is 35.2. The maximum atomic E-state index is 16.2.